The molecule has 0 aliphatic rings. The third-order valence-corrected chi connectivity index (χ3v) is 3.06. The number of carboxylic acids is 1. The Labute approximate surface area is 105 Å². The maximum absolute atomic E-state index is 10.5. The van der Waals surface area contributed by atoms with E-state index in [1.807, 2.05) is 6.07 Å². The van der Waals surface area contributed by atoms with E-state index in [1.54, 1.807) is 0 Å². The monoisotopic (exact) mass is 284 g/mol. The van der Waals surface area contributed by atoms with E-state index in [-0.39, 0.29) is 6.42 Å². The van der Waals surface area contributed by atoms with E-state index >= 15 is 0 Å². The molecule has 0 amide bonds. The van der Waals surface area contributed by atoms with E-state index in [4.69, 9.17) is 5.11 Å². The Hall–Kier alpha value is -0.830. The van der Waals surface area contributed by atoms with Gasteiger partial charge in [-0.05, 0) is 42.0 Å². The Kier molecular flexibility index (Phi) is 5.00. The number of halogens is 1. The van der Waals surface area contributed by atoms with Crippen LogP contribution in [0, 0.1) is 0 Å². The van der Waals surface area contributed by atoms with Crippen molar-refractivity contribution in [2.75, 3.05) is 0 Å². The molecule has 0 bridgehead atoms. The molecular weight excluding hydrogens is 268 g/mol. The van der Waals surface area contributed by atoms with Crippen molar-refractivity contribution in [1.82, 2.24) is 0 Å². The fourth-order valence-electron chi connectivity index (χ4n) is 1.78. The summed E-state index contributed by atoms with van der Waals surface area (Å²) in [5.41, 5.74) is 2.57. The molecule has 0 saturated heterocycles. The predicted molar refractivity (Wildman–Crippen MR) is 68.8 cm³/mol. The van der Waals surface area contributed by atoms with Gasteiger partial charge in [0.2, 0.25) is 0 Å². The van der Waals surface area contributed by atoms with Crippen LogP contribution in [0.25, 0.3) is 0 Å². The van der Waals surface area contributed by atoms with Crippen molar-refractivity contribution in [1.29, 1.82) is 0 Å². The minimum atomic E-state index is -0.721. The van der Waals surface area contributed by atoms with Crippen molar-refractivity contribution in [3.63, 3.8) is 0 Å². The van der Waals surface area contributed by atoms with Gasteiger partial charge in [0.15, 0.2) is 0 Å². The molecule has 0 aromatic heterocycles. The summed E-state index contributed by atoms with van der Waals surface area (Å²) in [6.45, 7) is 4.31. The molecule has 0 saturated carbocycles. The van der Waals surface area contributed by atoms with Crippen molar-refractivity contribution in [2.24, 2.45) is 0 Å². The van der Waals surface area contributed by atoms with Crippen LogP contribution in [0.4, 0.5) is 0 Å². The third kappa shape index (κ3) is 3.97. The normalized spacial score (nSPS) is 10.8. The largest absolute Gasteiger partial charge is 0.481 e. The SMILES string of the molecule is CC(C)c1ccc(Br)cc1CCCC(=O)O. The van der Waals surface area contributed by atoms with Crippen LogP contribution in [0.5, 0.6) is 0 Å². The number of aliphatic carboxylic acids is 1. The molecule has 0 heterocycles. The van der Waals surface area contributed by atoms with Gasteiger partial charge >= 0.3 is 5.97 Å². The lowest BCUT2D eigenvalue weighted by Crippen LogP contribution is -2.00. The van der Waals surface area contributed by atoms with Crippen molar-refractivity contribution in [2.45, 2.75) is 39.0 Å². The molecule has 16 heavy (non-hydrogen) atoms. The summed E-state index contributed by atoms with van der Waals surface area (Å²) in [4.78, 5) is 10.5. The number of aryl methyl sites for hydroxylation is 1. The average Bonchev–Trinajstić information content (AvgIpc) is 2.16. The first kappa shape index (κ1) is 13.2. The highest BCUT2D eigenvalue weighted by atomic mass is 79.9. The Bertz CT molecular complexity index is 372. The summed E-state index contributed by atoms with van der Waals surface area (Å²) >= 11 is 3.45. The number of rotatable bonds is 5. The Morgan fingerprint density at radius 3 is 2.69 bits per heavy atom. The summed E-state index contributed by atoms with van der Waals surface area (Å²) in [6.07, 6.45) is 1.77. The second-order valence-electron chi connectivity index (χ2n) is 4.25. The van der Waals surface area contributed by atoms with E-state index in [1.165, 1.54) is 11.1 Å². The van der Waals surface area contributed by atoms with Gasteiger partial charge in [0.25, 0.3) is 0 Å². The van der Waals surface area contributed by atoms with Gasteiger partial charge in [-0.25, -0.2) is 0 Å². The first-order valence-corrected chi connectivity index (χ1v) is 6.30. The highest BCUT2D eigenvalue weighted by Gasteiger charge is 2.07. The molecule has 1 aromatic rings. The van der Waals surface area contributed by atoms with Gasteiger partial charge in [0.1, 0.15) is 0 Å². The number of hydrogen-bond donors (Lipinski definition) is 1. The van der Waals surface area contributed by atoms with Gasteiger partial charge in [0.05, 0.1) is 0 Å². The first-order chi connectivity index (χ1) is 7.50. The lowest BCUT2D eigenvalue weighted by molar-refractivity contribution is -0.137. The molecule has 2 nitrogen and oxygen atoms in total. The van der Waals surface area contributed by atoms with Crippen LogP contribution < -0.4 is 0 Å². The van der Waals surface area contributed by atoms with Crippen LogP contribution in [-0.4, -0.2) is 11.1 Å². The molecular formula is C13H17BrO2. The molecule has 0 atom stereocenters. The predicted octanol–water partition coefficient (Wildman–Crippen LogP) is 3.98. The van der Waals surface area contributed by atoms with E-state index in [2.05, 4.69) is 41.9 Å². The van der Waals surface area contributed by atoms with Crippen molar-refractivity contribution in [3.05, 3.63) is 33.8 Å². The van der Waals surface area contributed by atoms with Gasteiger partial charge in [0, 0.05) is 10.9 Å². The summed E-state index contributed by atoms with van der Waals surface area (Å²) in [5, 5.41) is 8.62. The summed E-state index contributed by atoms with van der Waals surface area (Å²) in [5.74, 6) is -0.242. The first-order valence-electron chi connectivity index (χ1n) is 5.51. The van der Waals surface area contributed by atoms with Crippen LogP contribution in [-0.2, 0) is 11.2 Å². The zero-order chi connectivity index (χ0) is 12.1. The lowest BCUT2D eigenvalue weighted by Gasteiger charge is -2.12. The van der Waals surface area contributed by atoms with Crippen molar-refractivity contribution >= 4 is 21.9 Å². The molecule has 1 aromatic carbocycles. The second-order valence-corrected chi connectivity index (χ2v) is 5.16. The Balaban J connectivity index is 2.76. The molecule has 0 radical (unpaired) electrons. The average molecular weight is 285 g/mol. The van der Waals surface area contributed by atoms with E-state index in [9.17, 15) is 4.79 Å². The minimum Gasteiger partial charge on any atom is -0.481 e. The molecule has 0 unspecified atom stereocenters. The van der Waals surface area contributed by atoms with E-state index < -0.39 is 5.97 Å². The van der Waals surface area contributed by atoms with E-state index in [0.717, 1.165) is 10.9 Å². The van der Waals surface area contributed by atoms with Crippen LogP contribution in [0.2, 0.25) is 0 Å². The molecule has 3 heteroatoms. The van der Waals surface area contributed by atoms with Gasteiger partial charge in [-0.3, -0.25) is 4.79 Å². The smallest absolute Gasteiger partial charge is 0.303 e. The highest BCUT2D eigenvalue weighted by Crippen LogP contribution is 2.24. The fourth-order valence-corrected chi connectivity index (χ4v) is 2.19. The Morgan fingerprint density at radius 1 is 1.44 bits per heavy atom. The summed E-state index contributed by atoms with van der Waals surface area (Å²) in [6, 6.07) is 6.25. The zero-order valence-corrected chi connectivity index (χ0v) is 11.3. The molecule has 0 spiro atoms. The molecule has 88 valence electrons. The highest BCUT2D eigenvalue weighted by molar-refractivity contribution is 9.10. The Morgan fingerprint density at radius 2 is 2.12 bits per heavy atom. The van der Waals surface area contributed by atoms with Crippen LogP contribution in [0.1, 0.15) is 43.7 Å². The van der Waals surface area contributed by atoms with Crippen LogP contribution >= 0.6 is 15.9 Å². The number of carboxylic acid groups (broad SMARTS) is 1. The molecule has 0 fully saturated rings. The van der Waals surface area contributed by atoms with Gasteiger partial charge < -0.3 is 5.11 Å². The number of hydrogen-bond acceptors (Lipinski definition) is 1. The zero-order valence-electron chi connectivity index (χ0n) is 9.66. The van der Waals surface area contributed by atoms with Gasteiger partial charge in [-0.2, -0.15) is 0 Å². The maximum Gasteiger partial charge on any atom is 0.303 e. The quantitative estimate of drug-likeness (QED) is 0.888. The number of benzene rings is 1. The summed E-state index contributed by atoms with van der Waals surface area (Å²) < 4.78 is 1.06. The van der Waals surface area contributed by atoms with Crippen molar-refractivity contribution in [3.8, 4) is 0 Å². The molecule has 1 N–H and O–H groups in total. The number of carbonyl (C=O) groups is 1. The molecule has 0 aliphatic heterocycles. The third-order valence-electron chi connectivity index (χ3n) is 2.56. The molecule has 0 aliphatic carbocycles. The fraction of sp³-hybridized carbons (Fsp3) is 0.462. The van der Waals surface area contributed by atoms with Crippen molar-refractivity contribution < 1.29 is 9.90 Å². The maximum atomic E-state index is 10.5. The van der Waals surface area contributed by atoms with E-state index in [0.29, 0.717) is 12.3 Å². The standard InChI is InChI=1S/C13H17BrO2/c1-9(2)12-7-6-11(14)8-10(12)4-3-5-13(15)16/h6-9H,3-5H2,1-2H3,(H,15,16). The molecule has 1 rings (SSSR count). The summed E-state index contributed by atoms with van der Waals surface area (Å²) in [7, 11) is 0. The second kappa shape index (κ2) is 6.04. The van der Waals surface area contributed by atoms with Gasteiger partial charge in [-0.15, -0.1) is 0 Å². The topological polar surface area (TPSA) is 37.3 Å². The van der Waals surface area contributed by atoms with Gasteiger partial charge in [-0.1, -0.05) is 35.8 Å². The lowest BCUT2D eigenvalue weighted by atomic mass is 9.94. The minimum absolute atomic E-state index is 0.240. The van der Waals surface area contributed by atoms with Crippen LogP contribution in [0.3, 0.4) is 0 Å². The van der Waals surface area contributed by atoms with Crippen LogP contribution in [0.15, 0.2) is 22.7 Å².